The first kappa shape index (κ1) is 22.7. The molecule has 158 valence electrons. The Balaban J connectivity index is 2.05. The van der Waals surface area contributed by atoms with E-state index in [1.807, 2.05) is 18.0 Å². The molecule has 2 aromatic rings. The second-order valence-electron chi connectivity index (χ2n) is 6.68. The van der Waals surface area contributed by atoms with Crippen LogP contribution in [0.5, 0.6) is 0 Å². The third-order valence-corrected chi connectivity index (χ3v) is 5.46. The molecule has 30 heavy (non-hydrogen) atoms. The fourth-order valence-corrected chi connectivity index (χ4v) is 4.11. The Kier molecular flexibility index (Phi) is 6.81. The molecule has 11 heteroatoms. The number of rotatable bonds is 4. The number of hydrogen-bond donors (Lipinski definition) is 1. The highest BCUT2D eigenvalue weighted by Crippen LogP contribution is 2.32. The van der Waals surface area contributed by atoms with Crippen LogP contribution in [-0.4, -0.2) is 59.1 Å². The molecule has 7 nitrogen and oxygen atoms in total. The molecule has 0 aliphatic carbocycles. The Morgan fingerprint density at radius 2 is 1.90 bits per heavy atom. The Morgan fingerprint density at radius 1 is 1.20 bits per heavy atom. The molecule has 1 N–H and O–H groups in total. The summed E-state index contributed by atoms with van der Waals surface area (Å²) < 4.78 is 1.88. The van der Waals surface area contributed by atoms with Crippen LogP contribution in [0.25, 0.3) is 5.82 Å². The fraction of sp³-hybridized carbons (Fsp3) is 0.211. The molecule has 1 aliphatic rings. The summed E-state index contributed by atoms with van der Waals surface area (Å²) >= 11 is 22.0. The first-order valence-corrected chi connectivity index (χ1v) is 10.6. The van der Waals surface area contributed by atoms with E-state index in [1.54, 1.807) is 26.2 Å². The van der Waals surface area contributed by atoms with Crippen LogP contribution in [0, 0.1) is 0 Å². The number of likely N-dealkylation sites (N-methyl/N-ethyl adjacent to an activating group) is 1. The lowest BCUT2D eigenvalue weighted by Gasteiger charge is -2.26. The van der Waals surface area contributed by atoms with E-state index in [2.05, 4.69) is 26.3 Å². The van der Waals surface area contributed by atoms with Crippen LogP contribution >= 0.6 is 50.7 Å². The highest BCUT2D eigenvalue weighted by molar-refractivity contribution is 9.10. The zero-order valence-corrected chi connectivity index (χ0v) is 20.1. The minimum Gasteiger partial charge on any atom is -0.355 e. The van der Waals surface area contributed by atoms with Crippen molar-refractivity contribution in [1.82, 2.24) is 19.6 Å². The third kappa shape index (κ3) is 4.51. The zero-order chi connectivity index (χ0) is 22.2. The van der Waals surface area contributed by atoms with Gasteiger partial charge in [0, 0.05) is 38.8 Å². The molecule has 1 aromatic carbocycles. The van der Waals surface area contributed by atoms with Crippen molar-refractivity contribution in [1.29, 1.82) is 0 Å². The van der Waals surface area contributed by atoms with Crippen LogP contribution in [0.1, 0.15) is 20.8 Å². The first-order chi connectivity index (χ1) is 14.1. The number of carbonyl (C=O) groups is 2. The summed E-state index contributed by atoms with van der Waals surface area (Å²) in [5, 5.41) is 7.92. The first-order valence-electron chi connectivity index (χ1n) is 8.65. The van der Waals surface area contributed by atoms with Gasteiger partial charge in [-0.25, -0.2) is 4.68 Å². The highest BCUT2D eigenvalue weighted by Gasteiger charge is 2.25. The normalized spacial score (nSPS) is 13.6. The standard InChI is InChI=1S/C19H17BrCl3N5O2/c1-26(2)19(30)11-7-10(21)8-13(23)16(11)24-17(29)14-9-15(20)25-28(14)18-12(22)5-4-6-27(18)3/h4-5,7-9H,6H2,1-3H3,(H,24,29). The van der Waals surface area contributed by atoms with Gasteiger partial charge < -0.3 is 15.1 Å². The maximum absolute atomic E-state index is 13.2. The van der Waals surface area contributed by atoms with Crippen LogP contribution in [0.4, 0.5) is 5.69 Å². The van der Waals surface area contributed by atoms with Crippen LogP contribution in [0.2, 0.25) is 10.0 Å². The number of anilines is 1. The van der Waals surface area contributed by atoms with E-state index in [4.69, 9.17) is 34.8 Å². The van der Waals surface area contributed by atoms with E-state index in [9.17, 15) is 9.59 Å². The van der Waals surface area contributed by atoms with Gasteiger partial charge in [0.15, 0.2) is 0 Å². The van der Waals surface area contributed by atoms with E-state index < -0.39 is 5.91 Å². The SMILES string of the molecule is CN(C)C(=O)c1cc(Cl)cc(Cl)c1NC(=O)c1cc(Br)nn1C1=C(Cl)C=CCN1C. The molecule has 1 aromatic heterocycles. The average molecular weight is 534 g/mol. The van der Waals surface area contributed by atoms with Crippen molar-refractivity contribution in [3.8, 4) is 0 Å². The lowest BCUT2D eigenvalue weighted by atomic mass is 10.1. The van der Waals surface area contributed by atoms with Gasteiger partial charge in [0.1, 0.15) is 16.1 Å². The Hall–Kier alpha value is -2.00. The van der Waals surface area contributed by atoms with Gasteiger partial charge >= 0.3 is 0 Å². The second-order valence-corrected chi connectivity index (χ2v) is 8.75. The summed E-state index contributed by atoms with van der Waals surface area (Å²) in [6.07, 6.45) is 3.65. The Bertz CT molecular complexity index is 1090. The van der Waals surface area contributed by atoms with Crippen LogP contribution in [0.15, 0.2) is 40.0 Å². The Morgan fingerprint density at radius 3 is 2.53 bits per heavy atom. The number of aromatic nitrogens is 2. The molecule has 0 spiro atoms. The molecule has 0 saturated heterocycles. The van der Waals surface area contributed by atoms with Gasteiger partial charge in [-0.2, -0.15) is 5.10 Å². The summed E-state index contributed by atoms with van der Waals surface area (Å²) in [5.41, 5.74) is 0.531. The molecular formula is C19H17BrCl3N5O2. The lowest BCUT2D eigenvalue weighted by molar-refractivity contribution is 0.0828. The van der Waals surface area contributed by atoms with Crippen LogP contribution in [-0.2, 0) is 0 Å². The number of hydrogen-bond acceptors (Lipinski definition) is 4. The summed E-state index contributed by atoms with van der Waals surface area (Å²) in [7, 11) is 5.02. The topological polar surface area (TPSA) is 70.5 Å². The monoisotopic (exact) mass is 531 g/mol. The smallest absolute Gasteiger partial charge is 0.274 e. The minimum absolute atomic E-state index is 0.140. The number of benzene rings is 1. The largest absolute Gasteiger partial charge is 0.355 e. The highest BCUT2D eigenvalue weighted by atomic mass is 79.9. The van der Waals surface area contributed by atoms with E-state index in [1.165, 1.54) is 21.7 Å². The Labute approximate surface area is 197 Å². The maximum Gasteiger partial charge on any atom is 0.274 e. The van der Waals surface area contributed by atoms with E-state index in [-0.39, 0.29) is 32.9 Å². The summed E-state index contributed by atoms with van der Waals surface area (Å²) in [4.78, 5) is 29.0. The molecule has 1 aliphatic heterocycles. The van der Waals surface area contributed by atoms with Crippen molar-refractivity contribution in [3.05, 3.63) is 61.3 Å². The molecule has 0 radical (unpaired) electrons. The van der Waals surface area contributed by atoms with Crippen LogP contribution < -0.4 is 5.32 Å². The van der Waals surface area contributed by atoms with Crippen molar-refractivity contribution >= 4 is 74.1 Å². The molecule has 0 unspecified atom stereocenters. The molecular weight excluding hydrogens is 517 g/mol. The molecule has 2 amide bonds. The molecule has 0 fully saturated rings. The number of nitrogens with zero attached hydrogens (tertiary/aromatic N) is 4. The van der Waals surface area contributed by atoms with Gasteiger partial charge in [0.2, 0.25) is 0 Å². The van der Waals surface area contributed by atoms with E-state index in [0.29, 0.717) is 22.0 Å². The van der Waals surface area contributed by atoms with Crippen molar-refractivity contribution in [2.24, 2.45) is 0 Å². The van der Waals surface area contributed by atoms with Crippen molar-refractivity contribution < 1.29 is 9.59 Å². The van der Waals surface area contributed by atoms with Crippen molar-refractivity contribution in [2.45, 2.75) is 0 Å². The van der Waals surface area contributed by atoms with Crippen molar-refractivity contribution in [3.63, 3.8) is 0 Å². The third-order valence-electron chi connectivity index (χ3n) is 4.26. The van der Waals surface area contributed by atoms with Gasteiger partial charge in [-0.15, -0.1) is 0 Å². The van der Waals surface area contributed by atoms with E-state index in [0.717, 1.165) is 0 Å². The van der Waals surface area contributed by atoms with Gasteiger partial charge in [-0.1, -0.05) is 40.9 Å². The quantitative estimate of drug-likeness (QED) is 0.615. The molecule has 0 saturated carbocycles. The van der Waals surface area contributed by atoms with Gasteiger partial charge in [-0.3, -0.25) is 9.59 Å². The van der Waals surface area contributed by atoms with Crippen LogP contribution in [0.3, 0.4) is 0 Å². The number of nitrogens with one attached hydrogen (secondary N) is 1. The molecule has 2 heterocycles. The number of amides is 2. The molecule has 0 bridgehead atoms. The number of halogens is 4. The maximum atomic E-state index is 13.2. The summed E-state index contributed by atoms with van der Waals surface area (Å²) in [6.45, 7) is 0.606. The predicted molar refractivity (Wildman–Crippen MR) is 123 cm³/mol. The number of allylic oxidation sites excluding steroid dienone is 2. The number of carbonyl (C=O) groups excluding carboxylic acids is 2. The zero-order valence-electron chi connectivity index (χ0n) is 16.2. The van der Waals surface area contributed by atoms with Gasteiger partial charge in [-0.05, 0) is 34.1 Å². The average Bonchev–Trinajstić information content (AvgIpc) is 3.04. The van der Waals surface area contributed by atoms with E-state index >= 15 is 0 Å². The fourth-order valence-electron chi connectivity index (χ4n) is 2.88. The van der Waals surface area contributed by atoms with Crippen molar-refractivity contribution in [2.75, 3.05) is 33.0 Å². The minimum atomic E-state index is -0.523. The molecule has 0 atom stereocenters. The lowest BCUT2D eigenvalue weighted by Crippen LogP contribution is -2.28. The predicted octanol–water partition coefficient (Wildman–Crippen LogP) is 4.77. The summed E-state index contributed by atoms with van der Waals surface area (Å²) in [5.74, 6) is -0.334. The van der Waals surface area contributed by atoms with Gasteiger partial charge in [0.05, 0.1) is 21.3 Å². The van der Waals surface area contributed by atoms with Gasteiger partial charge in [0.25, 0.3) is 11.8 Å². The summed E-state index contributed by atoms with van der Waals surface area (Å²) in [6, 6.07) is 4.46. The second kappa shape index (κ2) is 9.01. The molecule has 3 rings (SSSR count).